The predicted molar refractivity (Wildman–Crippen MR) is 91.0 cm³/mol. The third-order valence-electron chi connectivity index (χ3n) is 3.03. The lowest BCUT2D eigenvalue weighted by Crippen LogP contribution is -2.29. The highest BCUT2D eigenvalue weighted by Gasteiger charge is 2.13. The number of nitrogens with zero attached hydrogens (tertiary/aromatic N) is 2. The van der Waals surface area contributed by atoms with Gasteiger partial charge in [-0.3, -0.25) is 0 Å². The van der Waals surface area contributed by atoms with Crippen molar-refractivity contribution in [2.75, 3.05) is 30.3 Å². The molecule has 3 N–H and O–H groups in total. The minimum absolute atomic E-state index is 0.102. The van der Waals surface area contributed by atoms with Crippen LogP contribution in [0.5, 0.6) is 0 Å². The Morgan fingerprint density at radius 2 is 1.79 bits per heavy atom. The third-order valence-corrected chi connectivity index (χ3v) is 4.48. The van der Waals surface area contributed by atoms with Crippen LogP contribution in [0.1, 0.15) is 12.7 Å². The summed E-state index contributed by atoms with van der Waals surface area (Å²) in [5.74, 6) is 1.32. The largest absolute Gasteiger partial charge is 0.370 e. The van der Waals surface area contributed by atoms with Crippen molar-refractivity contribution in [1.29, 1.82) is 0 Å². The highest BCUT2D eigenvalue weighted by Crippen LogP contribution is 2.11. The molecule has 0 unspecified atom stereocenters. The Morgan fingerprint density at radius 3 is 2.46 bits per heavy atom. The Morgan fingerprint density at radius 1 is 1.08 bits per heavy atom. The molecule has 0 fully saturated rings. The third kappa shape index (κ3) is 5.14. The van der Waals surface area contributed by atoms with Gasteiger partial charge in [-0.1, -0.05) is 6.07 Å². The molecule has 7 nitrogen and oxygen atoms in total. The lowest BCUT2D eigenvalue weighted by Gasteiger charge is -2.10. The van der Waals surface area contributed by atoms with Crippen molar-refractivity contribution in [3.8, 4) is 0 Å². The van der Waals surface area contributed by atoms with Crippen molar-refractivity contribution < 1.29 is 12.8 Å². The van der Waals surface area contributed by atoms with E-state index in [9.17, 15) is 12.8 Å². The molecule has 0 bridgehead atoms. The van der Waals surface area contributed by atoms with Crippen LogP contribution in [-0.2, 0) is 10.0 Å². The Kier molecular flexibility index (Phi) is 6.04. The van der Waals surface area contributed by atoms with Crippen molar-refractivity contribution in [3.05, 3.63) is 42.0 Å². The lowest BCUT2D eigenvalue weighted by molar-refractivity contribution is 0.579. The molecule has 1 heterocycles. The summed E-state index contributed by atoms with van der Waals surface area (Å²) in [6, 6.07) is 6.62. The van der Waals surface area contributed by atoms with Crippen LogP contribution in [0.15, 0.2) is 35.2 Å². The van der Waals surface area contributed by atoms with Crippen LogP contribution in [0.2, 0.25) is 0 Å². The number of benzene rings is 1. The van der Waals surface area contributed by atoms with E-state index in [1.165, 1.54) is 18.2 Å². The monoisotopic (exact) mass is 353 g/mol. The molecule has 24 heavy (non-hydrogen) atoms. The molecule has 0 atom stereocenters. The fourth-order valence-electron chi connectivity index (χ4n) is 2.02. The first kappa shape index (κ1) is 18.1. The van der Waals surface area contributed by atoms with Crippen molar-refractivity contribution in [2.24, 2.45) is 0 Å². The topological polar surface area (TPSA) is 96.0 Å². The van der Waals surface area contributed by atoms with Gasteiger partial charge in [0.15, 0.2) is 0 Å². The average Bonchev–Trinajstić information content (AvgIpc) is 2.51. The molecular weight excluding hydrogens is 333 g/mol. The van der Waals surface area contributed by atoms with Crippen LogP contribution in [0.25, 0.3) is 0 Å². The highest BCUT2D eigenvalue weighted by atomic mass is 32.2. The second-order valence-corrected chi connectivity index (χ2v) is 6.76. The van der Waals surface area contributed by atoms with E-state index in [0.29, 0.717) is 24.0 Å². The molecule has 130 valence electrons. The Balaban J connectivity index is 1.91. The zero-order chi connectivity index (χ0) is 17.6. The van der Waals surface area contributed by atoms with Gasteiger partial charge in [0.2, 0.25) is 10.0 Å². The first-order valence-electron chi connectivity index (χ1n) is 7.49. The van der Waals surface area contributed by atoms with Gasteiger partial charge in [0.25, 0.3) is 0 Å². The van der Waals surface area contributed by atoms with Gasteiger partial charge in [-0.2, -0.15) is 0 Å². The molecule has 0 aliphatic carbocycles. The van der Waals surface area contributed by atoms with Crippen molar-refractivity contribution >= 4 is 21.7 Å². The highest BCUT2D eigenvalue weighted by molar-refractivity contribution is 7.89. The summed E-state index contributed by atoms with van der Waals surface area (Å²) >= 11 is 0. The van der Waals surface area contributed by atoms with Gasteiger partial charge in [-0.25, -0.2) is 27.5 Å². The number of halogens is 1. The van der Waals surface area contributed by atoms with E-state index in [1.54, 1.807) is 13.0 Å². The van der Waals surface area contributed by atoms with Crippen LogP contribution in [-0.4, -0.2) is 38.0 Å². The van der Waals surface area contributed by atoms with Crippen molar-refractivity contribution in [3.63, 3.8) is 0 Å². The van der Waals surface area contributed by atoms with Gasteiger partial charge in [-0.05, 0) is 32.0 Å². The molecule has 2 rings (SSSR count). The number of hydrogen-bond acceptors (Lipinski definition) is 6. The summed E-state index contributed by atoms with van der Waals surface area (Å²) in [6.45, 7) is 4.95. The number of aromatic nitrogens is 2. The van der Waals surface area contributed by atoms with Crippen LogP contribution in [0.4, 0.5) is 16.0 Å². The minimum atomic E-state index is -3.74. The Labute approximate surface area is 140 Å². The molecule has 0 aliphatic heterocycles. The summed E-state index contributed by atoms with van der Waals surface area (Å²) < 4.78 is 39.6. The quantitative estimate of drug-likeness (QED) is 0.626. The number of anilines is 2. The SMILES string of the molecule is CCNc1cc(NCCNS(=O)(=O)c2cccc(F)c2)nc(C)n1. The van der Waals surface area contributed by atoms with Crippen LogP contribution in [0.3, 0.4) is 0 Å². The molecule has 0 spiro atoms. The van der Waals surface area contributed by atoms with Crippen LogP contribution in [0, 0.1) is 12.7 Å². The standard InChI is InChI=1S/C15H20FN5O2S/c1-3-17-14-10-15(21-11(2)20-14)18-7-8-19-24(22,23)13-6-4-5-12(16)9-13/h4-6,9-10,19H,3,7-8H2,1-2H3,(H2,17,18,20,21). The molecule has 0 saturated carbocycles. The van der Waals surface area contributed by atoms with E-state index in [-0.39, 0.29) is 11.4 Å². The molecule has 1 aromatic heterocycles. The van der Waals surface area contributed by atoms with E-state index >= 15 is 0 Å². The molecule has 0 aliphatic rings. The fraction of sp³-hybridized carbons (Fsp3) is 0.333. The summed E-state index contributed by atoms with van der Waals surface area (Å²) in [4.78, 5) is 8.36. The van der Waals surface area contributed by atoms with E-state index in [2.05, 4.69) is 25.3 Å². The first-order chi connectivity index (χ1) is 11.4. The predicted octanol–water partition coefficient (Wildman–Crippen LogP) is 1.75. The molecule has 0 saturated heterocycles. The van der Waals surface area contributed by atoms with Gasteiger partial charge >= 0.3 is 0 Å². The minimum Gasteiger partial charge on any atom is -0.370 e. The van der Waals surface area contributed by atoms with Gasteiger partial charge < -0.3 is 10.6 Å². The van der Waals surface area contributed by atoms with Crippen LogP contribution < -0.4 is 15.4 Å². The number of nitrogens with one attached hydrogen (secondary N) is 3. The molecule has 9 heteroatoms. The van der Waals surface area contributed by atoms with E-state index in [1.807, 2.05) is 6.92 Å². The van der Waals surface area contributed by atoms with E-state index in [0.717, 1.165) is 12.6 Å². The average molecular weight is 353 g/mol. The molecule has 2 aromatic rings. The summed E-state index contributed by atoms with van der Waals surface area (Å²) in [6.07, 6.45) is 0. The van der Waals surface area contributed by atoms with Crippen molar-refractivity contribution in [1.82, 2.24) is 14.7 Å². The maximum absolute atomic E-state index is 13.1. The fourth-order valence-corrected chi connectivity index (χ4v) is 3.09. The number of hydrogen-bond donors (Lipinski definition) is 3. The molecule has 1 aromatic carbocycles. The summed E-state index contributed by atoms with van der Waals surface area (Å²) in [5, 5.41) is 6.12. The van der Waals surface area contributed by atoms with Gasteiger partial charge in [0.05, 0.1) is 4.90 Å². The normalized spacial score (nSPS) is 11.3. The summed E-state index contributed by atoms with van der Waals surface area (Å²) in [7, 11) is -3.74. The number of sulfonamides is 1. The van der Waals surface area contributed by atoms with Crippen LogP contribution >= 0.6 is 0 Å². The molecule has 0 amide bonds. The van der Waals surface area contributed by atoms with E-state index in [4.69, 9.17) is 0 Å². The zero-order valence-corrected chi connectivity index (χ0v) is 14.3. The van der Waals surface area contributed by atoms with E-state index < -0.39 is 15.8 Å². The number of rotatable bonds is 8. The maximum atomic E-state index is 13.1. The number of aryl methyl sites for hydroxylation is 1. The van der Waals surface area contributed by atoms with Gasteiger partial charge in [-0.15, -0.1) is 0 Å². The molecular formula is C15H20FN5O2S. The second kappa shape index (κ2) is 8.02. The Bertz CT molecular complexity index is 798. The second-order valence-electron chi connectivity index (χ2n) is 5.00. The smallest absolute Gasteiger partial charge is 0.240 e. The molecule has 0 radical (unpaired) electrons. The maximum Gasteiger partial charge on any atom is 0.240 e. The van der Waals surface area contributed by atoms with Gasteiger partial charge in [0.1, 0.15) is 23.3 Å². The first-order valence-corrected chi connectivity index (χ1v) is 8.97. The zero-order valence-electron chi connectivity index (χ0n) is 13.5. The van der Waals surface area contributed by atoms with Crippen molar-refractivity contribution in [2.45, 2.75) is 18.7 Å². The summed E-state index contributed by atoms with van der Waals surface area (Å²) in [5.41, 5.74) is 0. The lowest BCUT2D eigenvalue weighted by atomic mass is 10.4. The van der Waals surface area contributed by atoms with Gasteiger partial charge in [0, 0.05) is 25.7 Å². The Hall–Kier alpha value is -2.26.